The molecule has 1 saturated heterocycles. The van der Waals surface area contributed by atoms with Crippen molar-refractivity contribution in [2.75, 3.05) is 23.7 Å². The molecule has 2 aromatic heterocycles. The van der Waals surface area contributed by atoms with Gasteiger partial charge in [0, 0.05) is 26.6 Å². The highest BCUT2D eigenvalue weighted by molar-refractivity contribution is 5.93. The summed E-state index contributed by atoms with van der Waals surface area (Å²) in [5.41, 5.74) is 7.80. The van der Waals surface area contributed by atoms with Crippen LogP contribution in [0, 0.1) is 0 Å². The minimum absolute atomic E-state index is 0.432. The van der Waals surface area contributed by atoms with Gasteiger partial charge in [-0.25, -0.2) is 4.98 Å². The third-order valence-electron chi connectivity index (χ3n) is 4.05. The summed E-state index contributed by atoms with van der Waals surface area (Å²) in [5.74, 6) is 2.44. The van der Waals surface area contributed by atoms with E-state index in [0.29, 0.717) is 5.82 Å². The number of hydrogen-bond donors (Lipinski definition) is 1. The minimum atomic E-state index is 0.432. The highest BCUT2D eigenvalue weighted by Gasteiger charge is 2.22. The monoisotopic (exact) mass is 274 g/mol. The summed E-state index contributed by atoms with van der Waals surface area (Å²) in [6, 6.07) is 0. The molecule has 0 bridgehead atoms. The number of hydrogen-bond acceptors (Lipinski definition) is 5. The molecule has 20 heavy (non-hydrogen) atoms. The van der Waals surface area contributed by atoms with Gasteiger partial charge in [-0.05, 0) is 19.3 Å². The molecule has 3 heterocycles. The fourth-order valence-corrected chi connectivity index (χ4v) is 2.88. The van der Waals surface area contributed by atoms with E-state index in [1.54, 1.807) is 0 Å². The predicted octanol–water partition coefficient (Wildman–Crippen LogP) is 1.89. The highest BCUT2D eigenvalue weighted by Crippen LogP contribution is 2.29. The number of aromatic nitrogens is 4. The Kier molecular flexibility index (Phi) is 3.46. The first kappa shape index (κ1) is 13.1. The molecule has 0 aliphatic carbocycles. The molecule has 6 nitrogen and oxygen atoms in total. The molecule has 0 saturated carbocycles. The van der Waals surface area contributed by atoms with Gasteiger partial charge in [-0.3, -0.25) is 0 Å². The third kappa shape index (κ3) is 2.09. The van der Waals surface area contributed by atoms with E-state index in [9.17, 15) is 0 Å². The molecule has 3 rings (SSSR count). The summed E-state index contributed by atoms with van der Waals surface area (Å²) in [7, 11) is 2.06. The van der Waals surface area contributed by atoms with E-state index in [4.69, 9.17) is 10.7 Å². The molecule has 1 fully saturated rings. The molecule has 0 unspecified atom stereocenters. The van der Waals surface area contributed by atoms with Crippen LogP contribution in [0.15, 0.2) is 0 Å². The molecule has 1 aliphatic rings. The van der Waals surface area contributed by atoms with Crippen LogP contribution in [-0.4, -0.2) is 32.8 Å². The van der Waals surface area contributed by atoms with Crippen molar-refractivity contribution < 1.29 is 0 Å². The zero-order chi connectivity index (χ0) is 14.1. The number of nitrogens with zero attached hydrogens (tertiary/aromatic N) is 5. The lowest BCUT2D eigenvalue weighted by Gasteiger charge is -2.17. The minimum Gasteiger partial charge on any atom is -0.380 e. The van der Waals surface area contributed by atoms with Crippen molar-refractivity contribution in [1.82, 2.24) is 19.7 Å². The normalized spacial score (nSPS) is 15.4. The molecule has 0 radical (unpaired) electrons. The van der Waals surface area contributed by atoms with E-state index in [2.05, 4.69) is 33.6 Å². The summed E-state index contributed by atoms with van der Waals surface area (Å²) >= 11 is 0. The van der Waals surface area contributed by atoms with E-state index in [1.165, 1.54) is 12.8 Å². The van der Waals surface area contributed by atoms with E-state index in [1.807, 2.05) is 0 Å². The van der Waals surface area contributed by atoms with Crippen LogP contribution in [0.25, 0.3) is 11.0 Å². The molecule has 0 spiro atoms. The number of imidazole rings is 1. The largest absolute Gasteiger partial charge is 0.380 e. The van der Waals surface area contributed by atoms with Gasteiger partial charge in [-0.2, -0.15) is 0 Å². The smallest absolute Gasteiger partial charge is 0.177 e. The van der Waals surface area contributed by atoms with Crippen LogP contribution in [0.1, 0.15) is 38.4 Å². The van der Waals surface area contributed by atoms with Crippen molar-refractivity contribution in [1.29, 1.82) is 0 Å². The molecule has 2 aromatic rings. The first-order valence-electron chi connectivity index (χ1n) is 7.44. The molecule has 108 valence electrons. The lowest BCUT2D eigenvalue weighted by molar-refractivity contribution is 0.719. The maximum absolute atomic E-state index is 5.97. The molecular formula is C14H22N6. The van der Waals surface area contributed by atoms with Crippen LogP contribution in [0.4, 0.5) is 11.6 Å². The molecule has 1 aliphatic heterocycles. The number of fused-ring (bicyclic) bond motifs is 1. The van der Waals surface area contributed by atoms with Gasteiger partial charge >= 0.3 is 0 Å². The fraction of sp³-hybridized carbons (Fsp3) is 0.643. The quantitative estimate of drug-likeness (QED) is 0.921. The predicted molar refractivity (Wildman–Crippen MR) is 80.8 cm³/mol. The lowest BCUT2D eigenvalue weighted by Crippen LogP contribution is -2.20. The van der Waals surface area contributed by atoms with Crippen molar-refractivity contribution in [2.24, 2.45) is 7.05 Å². The van der Waals surface area contributed by atoms with Gasteiger partial charge < -0.3 is 15.2 Å². The average Bonchev–Trinajstić information content (AvgIpc) is 3.07. The van der Waals surface area contributed by atoms with Crippen LogP contribution >= 0.6 is 0 Å². The van der Waals surface area contributed by atoms with Gasteiger partial charge in [0.05, 0.1) is 0 Å². The molecule has 0 aromatic carbocycles. The summed E-state index contributed by atoms with van der Waals surface area (Å²) in [6.07, 6.45) is 5.70. The summed E-state index contributed by atoms with van der Waals surface area (Å²) in [5, 5.41) is 8.43. The maximum Gasteiger partial charge on any atom is 0.177 e. The van der Waals surface area contributed by atoms with Gasteiger partial charge in [-0.15, -0.1) is 10.2 Å². The van der Waals surface area contributed by atoms with E-state index in [-0.39, 0.29) is 0 Å². The Labute approximate surface area is 119 Å². The van der Waals surface area contributed by atoms with E-state index >= 15 is 0 Å². The second-order valence-electron chi connectivity index (χ2n) is 5.49. The third-order valence-corrected chi connectivity index (χ3v) is 4.05. The summed E-state index contributed by atoms with van der Waals surface area (Å²) < 4.78 is 2.14. The van der Waals surface area contributed by atoms with Gasteiger partial charge in [-0.1, -0.05) is 13.3 Å². The zero-order valence-electron chi connectivity index (χ0n) is 12.3. The Hall–Kier alpha value is -1.85. The van der Waals surface area contributed by atoms with Crippen LogP contribution in [-0.2, 0) is 13.5 Å². The van der Waals surface area contributed by atoms with Crippen LogP contribution in [0.3, 0.4) is 0 Å². The maximum atomic E-state index is 5.97. The standard InChI is InChI=1S/C14H22N6/c1-3-4-7-10-16-11-12(19(10)2)14(18-17-13(11)15)20-8-5-6-9-20/h3-9H2,1-2H3,(H2,15,17). The number of unbranched alkanes of at least 4 members (excludes halogenated alkanes) is 1. The number of aryl methyl sites for hydroxylation is 2. The number of rotatable bonds is 4. The SMILES string of the molecule is CCCCc1nc2c(N)nnc(N3CCCC3)c2n1C. The first-order chi connectivity index (χ1) is 9.72. The van der Waals surface area contributed by atoms with Crippen molar-refractivity contribution in [2.45, 2.75) is 39.0 Å². The molecule has 0 amide bonds. The molecule has 0 atom stereocenters. The van der Waals surface area contributed by atoms with E-state index in [0.717, 1.165) is 55.0 Å². The van der Waals surface area contributed by atoms with Crippen LogP contribution in [0.5, 0.6) is 0 Å². The first-order valence-corrected chi connectivity index (χ1v) is 7.44. The molecule has 6 heteroatoms. The van der Waals surface area contributed by atoms with Crippen molar-refractivity contribution in [3.63, 3.8) is 0 Å². The second kappa shape index (κ2) is 5.26. The Bertz CT molecular complexity index is 612. The highest BCUT2D eigenvalue weighted by atomic mass is 15.3. The van der Waals surface area contributed by atoms with Crippen molar-refractivity contribution >= 4 is 22.7 Å². The Morgan fingerprint density at radius 1 is 1.20 bits per heavy atom. The van der Waals surface area contributed by atoms with Gasteiger partial charge in [0.1, 0.15) is 16.9 Å². The van der Waals surface area contributed by atoms with E-state index < -0.39 is 0 Å². The van der Waals surface area contributed by atoms with Crippen molar-refractivity contribution in [3.8, 4) is 0 Å². The molecular weight excluding hydrogens is 252 g/mol. The lowest BCUT2D eigenvalue weighted by atomic mass is 10.2. The number of nitrogens with two attached hydrogens (primary N) is 1. The van der Waals surface area contributed by atoms with Crippen molar-refractivity contribution in [3.05, 3.63) is 5.82 Å². The van der Waals surface area contributed by atoms with Gasteiger partial charge in [0.15, 0.2) is 11.6 Å². The number of anilines is 2. The van der Waals surface area contributed by atoms with Crippen LogP contribution in [0.2, 0.25) is 0 Å². The zero-order valence-corrected chi connectivity index (χ0v) is 12.3. The topological polar surface area (TPSA) is 72.9 Å². The summed E-state index contributed by atoms with van der Waals surface area (Å²) in [4.78, 5) is 6.98. The van der Waals surface area contributed by atoms with Gasteiger partial charge in [0.2, 0.25) is 0 Å². The van der Waals surface area contributed by atoms with Gasteiger partial charge in [0.25, 0.3) is 0 Å². The Balaban J connectivity index is 2.11. The fourth-order valence-electron chi connectivity index (χ4n) is 2.88. The number of nitrogen functional groups attached to an aromatic ring is 1. The van der Waals surface area contributed by atoms with Crippen LogP contribution < -0.4 is 10.6 Å². The Morgan fingerprint density at radius 2 is 1.95 bits per heavy atom. The summed E-state index contributed by atoms with van der Waals surface area (Å²) in [6.45, 7) is 4.28. The Morgan fingerprint density at radius 3 is 2.65 bits per heavy atom. The average molecular weight is 274 g/mol. The molecule has 2 N–H and O–H groups in total. The second-order valence-corrected chi connectivity index (χ2v) is 5.49.